The lowest BCUT2D eigenvalue weighted by molar-refractivity contribution is -0.387. The molecule has 7 nitrogen and oxygen atoms in total. The van der Waals surface area contributed by atoms with Crippen LogP contribution in [0.1, 0.15) is 25.7 Å². The van der Waals surface area contributed by atoms with Gasteiger partial charge in [0.25, 0.3) is 5.69 Å². The van der Waals surface area contributed by atoms with Crippen LogP contribution in [0.4, 0.5) is 5.69 Å². The smallest absolute Gasteiger partial charge is 0.290 e. The van der Waals surface area contributed by atoms with Crippen LogP contribution in [0, 0.1) is 10.1 Å². The topological polar surface area (TPSA) is 115 Å². The highest BCUT2D eigenvalue weighted by atomic mass is 35.5. The van der Waals surface area contributed by atoms with E-state index in [2.05, 4.69) is 4.72 Å². The van der Waals surface area contributed by atoms with E-state index in [9.17, 15) is 18.5 Å². The Morgan fingerprint density at radius 1 is 1.27 bits per heavy atom. The molecule has 0 aromatic heterocycles. The maximum absolute atomic E-state index is 12.4. The summed E-state index contributed by atoms with van der Waals surface area (Å²) in [5, 5.41) is 10.8. The van der Waals surface area contributed by atoms with Crippen LogP contribution < -0.4 is 10.5 Å². The first-order chi connectivity index (χ1) is 9.81. The molecule has 1 saturated carbocycles. The summed E-state index contributed by atoms with van der Waals surface area (Å²) in [4.78, 5) is 9.76. The molecule has 1 aromatic rings. The minimum atomic E-state index is -4.05. The number of nitro groups is 1. The van der Waals surface area contributed by atoms with E-state index in [0.29, 0.717) is 12.8 Å². The summed E-state index contributed by atoms with van der Waals surface area (Å²) in [5.41, 5.74) is 5.25. The van der Waals surface area contributed by atoms with Gasteiger partial charge in [0, 0.05) is 18.2 Å². The first-order valence-corrected chi connectivity index (χ1v) is 8.38. The van der Waals surface area contributed by atoms with Gasteiger partial charge in [0.1, 0.15) is 0 Å². The average molecular weight is 370 g/mol. The van der Waals surface area contributed by atoms with Crippen molar-refractivity contribution in [1.82, 2.24) is 4.72 Å². The highest BCUT2D eigenvalue weighted by Gasteiger charge is 2.31. The van der Waals surface area contributed by atoms with Gasteiger partial charge in [-0.15, -0.1) is 12.4 Å². The number of nitrogens with one attached hydrogen (secondary N) is 1. The predicted octanol–water partition coefficient (Wildman–Crippen LogP) is 2.22. The fraction of sp³-hybridized carbons (Fsp3) is 0.500. The molecular formula is C12H17Cl2N3O4S. The second kappa shape index (κ2) is 7.56. The summed E-state index contributed by atoms with van der Waals surface area (Å²) < 4.78 is 27.3. The molecule has 124 valence electrons. The number of halogens is 2. The Morgan fingerprint density at radius 3 is 2.41 bits per heavy atom. The van der Waals surface area contributed by atoms with Crippen molar-refractivity contribution < 1.29 is 13.3 Å². The number of hydrogen-bond donors (Lipinski definition) is 2. The minimum absolute atomic E-state index is 0. The zero-order valence-corrected chi connectivity index (χ0v) is 14.0. The predicted molar refractivity (Wildman–Crippen MR) is 85.9 cm³/mol. The van der Waals surface area contributed by atoms with Gasteiger partial charge >= 0.3 is 0 Å². The summed E-state index contributed by atoms with van der Waals surface area (Å²) in [6, 6.07) is 3.60. The van der Waals surface area contributed by atoms with Crippen molar-refractivity contribution in [1.29, 1.82) is 0 Å². The lowest BCUT2D eigenvalue weighted by Crippen LogP contribution is -2.40. The van der Waals surface area contributed by atoms with Crippen LogP contribution in [0.2, 0.25) is 5.02 Å². The Labute approximate surface area is 139 Å². The van der Waals surface area contributed by atoms with Gasteiger partial charge < -0.3 is 5.73 Å². The van der Waals surface area contributed by atoms with Gasteiger partial charge in [0.15, 0.2) is 4.90 Å². The molecule has 10 heteroatoms. The molecule has 0 aliphatic heterocycles. The number of hydrogen-bond acceptors (Lipinski definition) is 5. The summed E-state index contributed by atoms with van der Waals surface area (Å²) >= 11 is 5.86. The fourth-order valence-corrected chi connectivity index (χ4v) is 4.43. The molecular weight excluding hydrogens is 353 g/mol. The van der Waals surface area contributed by atoms with E-state index in [4.69, 9.17) is 17.3 Å². The summed E-state index contributed by atoms with van der Waals surface area (Å²) in [7, 11) is -4.05. The van der Waals surface area contributed by atoms with Crippen LogP contribution in [0.25, 0.3) is 0 Å². The van der Waals surface area contributed by atoms with E-state index in [1.54, 1.807) is 0 Å². The molecule has 0 unspecified atom stereocenters. The normalized spacial score (nSPS) is 21.9. The van der Waals surface area contributed by atoms with E-state index < -0.39 is 25.5 Å². The molecule has 1 aliphatic carbocycles. The Kier molecular flexibility index (Phi) is 6.57. The zero-order chi connectivity index (χ0) is 15.6. The average Bonchev–Trinajstić information content (AvgIpc) is 2.40. The molecule has 1 aliphatic rings. The molecule has 2 rings (SSSR count). The third-order valence-corrected chi connectivity index (χ3v) is 5.54. The van der Waals surface area contributed by atoms with Gasteiger partial charge in [-0.05, 0) is 31.7 Å². The molecule has 0 heterocycles. The molecule has 0 saturated heterocycles. The van der Waals surface area contributed by atoms with E-state index >= 15 is 0 Å². The number of rotatable bonds is 4. The van der Waals surface area contributed by atoms with Crippen molar-refractivity contribution in [3.63, 3.8) is 0 Å². The number of sulfonamides is 1. The van der Waals surface area contributed by atoms with Crippen LogP contribution in [0.15, 0.2) is 23.1 Å². The zero-order valence-electron chi connectivity index (χ0n) is 11.6. The summed E-state index contributed by atoms with van der Waals surface area (Å²) in [6.07, 6.45) is 2.66. The van der Waals surface area contributed by atoms with E-state index in [-0.39, 0.29) is 29.5 Å². The van der Waals surface area contributed by atoms with E-state index in [1.807, 2.05) is 0 Å². The van der Waals surface area contributed by atoms with Crippen LogP contribution >= 0.6 is 24.0 Å². The van der Waals surface area contributed by atoms with Gasteiger partial charge in [-0.3, -0.25) is 10.1 Å². The lowest BCUT2D eigenvalue weighted by atomic mass is 9.93. The quantitative estimate of drug-likeness (QED) is 0.623. The SMILES string of the molecule is Cl.NC1CCC(NS(=O)(=O)c2c(Cl)cccc2[N+](=O)[O-])CC1. The van der Waals surface area contributed by atoms with Crippen LogP contribution in [-0.4, -0.2) is 25.4 Å². The molecule has 0 bridgehead atoms. The van der Waals surface area contributed by atoms with Gasteiger partial charge in [-0.1, -0.05) is 17.7 Å². The van der Waals surface area contributed by atoms with Gasteiger partial charge in [0.05, 0.1) is 9.95 Å². The molecule has 0 radical (unpaired) electrons. The first-order valence-electron chi connectivity index (χ1n) is 6.52. The van der Waals surface area contributed by atoms with Crippen LogP contribution in [0.3, 0.4) is 0 Å². The van der Waals surface area contributed by atoms with Crippen molar-refractivity contribution in [3.05, 3.63) is 33.3 Å². The molecule has 1 fully saturated rings. The Morgan fingerprint density at radius 2 is 1.86 bits per heavy atom. The van der Waals surface area contributed by atoms with Crippen molar-refractivity contribution in [2.24, 2.45) is 5.73 Å². The van der Waals surface area contributed by atoms with Gasteiger partial charge in [-0.2, -0.15) is 0 Å². The molecule has 0 amide bonds. The fourth-order valence-electron chi connectivity index (χ4n) is 2.42. The van der Waals surface area contributed by atoms with Crippen molar-refractivity contribution >= 4 is 39.7 Å². The van der Waals surface area contributed by atoms with Crippen molar-refractivity contribution in [2.45, 2.75) is 42.7 Å². The molecule has 0 spiro atoms. The number of nitro benzene ring substituents is 1. The Balaban J connectivity index is 0.00000242. The summed E-state index contributed by atoms with van der Waals surface area (Å²) in [6.45, 7) is 0. The third kappa shape index (κ3) is 4.30. The second-order valence-corrected chi connectivity index (χ2v) is 7.14. The Hall–Kier alpha value is -0.930. The number of nitrogens with zero attached hydrogens (tertiary/aromatic N) is 1. The molecule has 3 N–H and O–H groups in total. The first kappa shape index (κ1) is 19.1. The van der Waals surface area contributed by atoms with E-state index in [1.165, 1.54) is 12.1 Å². The highest BCUT2D eigenvalue weighted by molar-refractivity contribution is 7.89. The highest BCUT2D eigenvalue weighted by Crippen LogP contribution is 2.31. The van der Waals surface area contributed by atoms with E-state index in [0.717, 1.165) is 18.9 Å². The summed E-state index contributed by atoms with van der Waals surface area (Å²) in [5.74, 6) is 0. The second-order valence-electron chi connectivity index (χ2n) is 5.08. The van der Waals surface area contributed by atoms with Gasteiger partial charge in [0.2, 0.25) is 10.0 Å². The lowest BCUT2D eigenvalue weighted by Gasteiger charge is -2.26. The molecule has 22 heavy (non-hydrogen) atoms. The monoisotopic (exact) mass is 369 g/mol. The van der Waals surface area contributed by atoms with Gasteiger partial charge in [-0.25, -0.2) is 13.1 Å². The maximum atomic E-state index is 12.4. The maximum Gasteiger partial charge on any atom is 0.290 e. The number of benzene rings is 1. The molecule has 1 aromatic carbocycles. The third-order valence-electron chi connectivity index (χ3n) is 3.51. The minimum Gasteiger partial charge on any atom is -0.328 e. The Bertz CT molecular complexity index is 646. The largest absolute Gasteiger partial charge is 0.328 e. The molecule has 0 atom stereocenters. The number of nitrogens with two attached hydrogens (primary N) is 1. The standard InChI is InChI=1S/C12H16ClN3O4S.ClH/c13-10-2-1-3-11(16(17)18)12(10)21(19,20)15-9-6-4-8(14)5-7-9;/h1-3,8-9,15H,4-7,14H2;1H. The van der Waals surface area contributed by atoms with Crippen LogP contribution in [-0.2, 0) is 10.0 Å². The van der Waals surface area contributed by atoms with Crippen molar-refractivity contribution in [2.75, 3.05) is 0 Å². The van der Waals surface area contributed by atoms with Crippen molar-refractivity contribution in [3.8, 4) is 0 Å². The van der Waals surface area contributed by atoms with Crippen LogP contribution in [0.5, 0.6) is 0 Å².